The van der Waals surface area contributed by atoms with Gasteiger partial charge in [0.25, 0.3) is 0 Å². The van der Waals surface area contributed by atoms with Crippen LogP contribution in [0.1, 0.15) is 30.0 Å². The van der Waals surface area contributed by atoms with E-state index in [0.29, 0.717) is 11.0 Å². The summed E-state index contributed by atoms with van der Waals surface area (Å²) in [6.45, 7) is 6.03. The molecule has 152 valence electrons. The first-order chi connectivity index (χ1) is 13.8. The molecule has 0 spiro atoms. The first-order valence-corrected chi connectivity index (χ1v) is 10.9. The van der Waals surface area contributed by atoms with Crippen molar-refractivity contribution in [2.75, 3.05) is 11.1 Å². The molecule has 1 N–H and O–H groups in total. The van der Waals surface area contributed by atoms with E-state index in [-0.39, 0.29) is 17.8 Å². The van der Waals surface area contributed by atoms with Crippen molar-refractivity contribution < 1.29 is 9.53 Å². The largest absolute Gasteiger partial charge is 0.483 e. The summed E-state index contributed by atoms with van der Waals surface area (Å²) in [5.74, 6) is 1.66. The third-order valence-corrected chi connectivity index (χ3v) is 5.75. The van der Waals surface area contributed by atoms with E-state index in [0.717, 1.165) is 27.0 Å². The molecule has 1 unspecified atom stereocenters. The number of halogens is 1. The maximum absolute atomic E-state index is 12.2. The van der Waals surface area contributed by atoms with E-state index >= 15 is 0 Å². The number of thioether (sulfide) groups is 1. The monoisotopic (exact) mass is 474 g/mol. The molecule has 0 radical (unpaired) electrons. The summed E-state index contributed by atoms with van der Waals surface area (Å²) < 4.78 is 8.89. The molecule has 3 rings (SSSR count). The standard InChI is InChI=1S/C21H23BrN4O2S/c1-13-9-14(2)11-18(10-13)28-15(3)20-24-25-21(26(20)4)29-12-19(27)23-17-7-5-16(22)6-8-17/h5-11,15H,12H2,1-4H3,(H,23,27). The fourth-order valence-electron chi connectivity index (χ4n) is 2.92. The molecule has 3 aromatic rings. The van der Waals surface area contributed by atoms with Crippen molar-refractivity contribution in [3.05, 3.63) is 63.9 Å². The summed E-state index contributed by atoms with van der Waals surface area (Å²) in [5, 5.41) is 12.0. The number of nitrogens with zero attached hydrogens (tertiary/aromatic N) is 3. The average molecular weight is 475 g/mol. The Labute approximate surface area is 183 Å². The van der Waals surface area contributed by atoms with Crippen LogP contribution in [0.3, 0.4) is 0 Å². The van der Waals surface area contributed by atoms with E-state index in [1.165, 1.54) is 11.8 Å². The van der Waals surface area contributed by atoms with Crippen LogP contribution < -0.4 is 10.1 Å². The van der Waals surface area contributed by atoms with Gasteiger partial charge in [-0.15, -0.1) is 10.2 Å². The highest BCUT2D eigenvalue weighted by Gasteiger charge is 2.18. The van der Waals surface area contributed by atoms with E-state index in [1.54, 1.807) is 0 Å². The van der Waals surface area contributed by atoms with E-state index in [4.69, 9.17) is 4.74 Å². The Morgan fingerprint density at radius 2 is 1.83 bits per heavy atom. The van der Waals surface area contributed by atoms with E-state index in [2.05, 4.69) is 37.5 Å². The summed E-state index contributed by atoms with van der Waals surface area (Å²) in [4.78, 5) is 12.2. The van der Waals surface area contributed by atoms with Crippen LogP contribution in [0.2, 0.25) is 0 Å². The van der Waals surface area contributed by atoms with Gasteiger partial charge in [0, 0.05) is 17.2 Å². The Balaban J connectivity index is 1.59. The van der Waals surface area contributed by atoms with Gasteiger partial charge in [-0.3, -0.25) is 4.79 Å². The molecular formula is C21H23BrN4O2S. The Morgan fingerprint density at radius 3 is 2.48 bits per heavy atom. The Morgan fingerprint density at radius 1 is 1.17 bits per heavy atom. The van der Waals surface area contributed by atoms with Gasteiger partial charge in [0.15, 0.2) is 17.1 Å². The highest BCUT2D eigenvalue weighted by atomic mass is 79.9. The highest BCUT2D eigenvalue weighted by molar-refractivity contribution is 9.10. The zero-order valence-corrected chi connectivity index (χ0v) is 19.2. The average Bonchev–Trinajstić information content (AvgIpc) is 3.02. The molecule has 1 amide bonds. The molecule has 0 aliphatic carbocycles. The molecule has 8 heteroatoms. The zero-order chi connectivity index (χ0) is 21.0. The van der Waals surface area contributed by atoms with E-state index in [9.17, 15) is 4.79 Å². The number of benzene rings is 2. The van der Waals surface area contributed by atoms with Crippen molar-refractivity contribution in [2.24, 2.45) is 7.05 Å². The van der Waals surface area contributed by atoms with Crippen molar-refractivity contribution in [3.63, 3.8) is 0 Å². The van der Waals surface area contributed by atoms with Gasteiger partial charge in [0.05, 0.1) is 5.75 Å². The maximum atomic E-state index is 12.2. The maximum Gasteiger partial charge on any atom is 0.234 e. The summed E-state index contributed by atoms with van der Waals surface area (Å²) in [6, 6.07) is 13.6. The molecule has 0 saturated carbocycles. The topological polar surface area (TPSA) is 69.0 Å². The number of rotatable bonds is 7. The first-order valence-electron chi connectivity index (χ1n) is 9.14. The number of amides is 1. The molecule has 1 aromatic heterocycles. The number of carbonyl (C=O) groups excluding carboxylic acids is 1. The predicted octanol–water partition coefficient (Wildman–Crippen LogP) is 5.07. The lowest BCUT2D eigenvalue weighted by atomic mass is 10.1. The SMILES string of the molecule is Cc1cc(C)cc(OC(C)c2nnc(SCC(=O)Nc3ccc(Br)cc3)n2C)c1. The van der Waals surface area contributed by atoms with Gasteiger partial charge in [-0.2, -0.15) is 0 Å². The van der Waals surface area contributed by atoms with Crippen molar-refractivity contribution >= 4 is 39.3 Å². The second-order valence-electron chi connectivity index (χ2n) is 6.83. The molecule has 1 heterocycles. The van der Waals surface area contributed by atoms with Gasteiger partial charge in [-0.25, -0.2) is 0 Å². The third-order valence-electron chi connectivity index (χ3n) is 4.20. The van der Waals surface area contributed by atoms with Gasteiger partial charge in [0.2, 0.25) is 5.91 Å². The van der Waals surface area contributed by atoms with Gasteiger partial charge in [-0.05, 0) is 68.3 Å². The summed E-state index contributed by atoms with van der Waals surface area (Å²) >= 11 is 4.72. The van der Waals surface area contributed by atoms with Crippen LogP contribution in [0.25, 0.3) is 0 Å². The number of anilines is 1. The molecule has 0 aliphatic heterocycles. The molecule has 0 aliphatic rings. The Bertz CT molecular complexity index is 984. The van der Waals surface area contributed by atoms with Gasteiger partial charge < -0.3 is 14.6 Å². The molecule has 29 heavy (non-hydrogen) atoms. The minimum atomic E-state index is -0.264. The zero-order valence-electron chi connectivity index (χ0n) is 16.8. The predicted molar refractivity (Wildman–Crippen MR) is 119 cm³/mol. The summed E-state index contributed by atoms with van der Waals surface area (Å²) in [6.07, 6.45) is -0.264. The lowest BCUT2D eigenvalue weighted by Crippen LogP contribution is -2.14. The fourth-order valence-corrected chi connectivity index (χ4v) is 3.91. The molecule has 1 atom stereocenters. The highest BCUT2D eigenvalue weighted by Crippen LogP contribution is 2.25. The smallest absolute Gasteiger partial charge is 0.234 e. The molecule has 6 nitrogen and oxygen atoms in total. The minimum absolute atomic E-state index is 0.0959. The van der Waals surface area contributed by atoms with Gasteiger partial charge >= 0.3 is 0 Å². The fraction of sp³-hybridized carbons (Fsp3) is 0.286. The number of hydrogen-bond donors (Lipinski definition) is 1. The summed E-state index contributed by atoms with van der Waals surface area (Å²) in [5.41, 5.74) is 3.06. The molecule has 0 fully saturated rings. The van der Waals surface area contributed by atoms with Crippen LogP contribution in [-0.4, -0.2) is 26.4 Å². The number of aryl methyl sites for hydroxylation is 2. The van der Waals surface area contributed by atoms with Crippen molar-refractivity contribution in [1.29, 1.82) is 0 Å². The summed E-state index contributed by atoms with van der Waals surface area (Å²) in [7, 11) is 1.88. The normalized spacial score (nSPS) is 11.9. The van der Waals surface area contributed by atoms with Crippen LogP contribution in [0.5, 0.6) is 5.75 Å². The van der Waals surface area contributed by atoms with E-state index in [1.807, 2.05) is 68.8 Å². The first kappa shape index (κ1) is 21.4. The number of nitrogens with one attached hydrogen (secondary N) is 1. The van der Waals surface area contributed by atoms with Crippen LogP contribution in [0, 0.1) is 13.8 Å². The number of hydrogen-bond acceptors (Lipinski definition) is 5. The van der Waals surface area contributed by atoms with Gasteiger partial charge in [0.1, 0.15) is 5.75 Å². The van der Waals surface area contributed by atoms with Crippen molar-refractivity contribution in [1.82, 2.24) is 14.8 Å². The van der Waals surface area contributed by atoms with Crippen LogP contribution in [0.4, 0.5) is 5.69 Å². The second-order valence-corrected chi connectivity index (χ2v) is 8.69. The molecule has 2 aromatic carbocycles. The van der Waals surface area contributed by atoms with Crippen LogP contribution in [0.15, 0.2) is 52.1 Å². The van der Waals surface area contributed by atoms with Crippen molar-refractivity contribution in [2.45, 2.75) is 32.0 Å². The molecule has 0 saturated heterocycles. The number of carbonyl (C=O) groups is 1. The Hall–Kier alpha value is -2.32. The quantitative estimate of drug-likeness (QED) is 0.484. The van der Waals surface area contributed by atoms with Gasteiger partial charge in [-0.1, -0.05) is 33.8 Å². The minimum Gasteiger partial charge on any atom is -0.483 e. The third kappa shape index (κ3) is 5.83. The van der Waals surface area contributed by atoms with Crippen LogP contribution >= 0.6 is 27.7 Å². The van der Waals surface area contributed by atoms with Crippen LogP contribution in [-0.2, 0) is 11.8 Å². The molecule has 0 bridgehead atoms. The number of ether oxygens (including phenoxy) is 1. The lowest BCUT2D eigenvalue weighted by molar-refractivity contribution is -0.113. The second kappa shape index (κ2) is 9.45. The molecular weight excluding hydrogens is 452 g/mol. The van der Waals surface area contributed by atoms with Crippen molar-refractivity contribution in [3.8, 4) is 5.75 Å². The lowest BCUT2D eigenvalue weighted by Gasteiger charge is -2.15. The Kier molecular flexibility index (Phi) is 6.97. The van der Waals surface area contributed by atoms with E-state index < -0.39 is 0 Å². The number of aromatic nitrogens is 3.